The quantitative estimate of drug-likeness (QED) is 0.811. The second-order valence-electron chi connectivity index (χ2n) is 6.73. The second-order valence-corrected chi connectivity index (χ2v) is 7.51. The zero-order valence-corrected chi connectivity index (χ0v) is 14.5. The summed E-state index contributed by atoms with van der Waals surface area (Å²) in [5.41, 5.74) is 7.82. The topological polar surface area (TPSA) is 66.6 Å². The van der Waals surface area contributed by atoms with E-state index < -0.39 is 6.10 Å². The summed E-state index contributed by atoms with van der Waals surface area (Å²) >= 11 is 1.55. The van der Waals surface area contributed by atoms with Gasteiger partial charge in [0.05, 0.1) is 12.6 Å². The highest BCUT2D eigenvalue weighted by Gasteiger charge is 2.36. The van der Waals surface area contributed by atoms with Crippen molar-refractivity contribution in [3.8, 4) is 0 Å². The molecule has 1 aliphatic rings. The fourth-order valence-electron chi connectivity index (χ4n) is 3.06. The number of amides is 1. The number of nitrogens with two attached hydrogens (primary N) is 1. The van der Waals surface area contributed by atoms with Gasteiger partial charge in [-0.2, -0.15) is 11.3 Å². The van der Waals surface area contributed by atoms with E-state index in [1.165, 1.54) is 0 Å². The van der Waals surface area contributed by atoms with Gasteiger partial charge >= 0.3 is 0 Å². The van der Waals surface area contributed by atoms with E-state index in [4.69, 9.17) is 5.73 Å². The van der Waals surface area contributed by atoms with E-state index in [1.807, 2.05) is 47.2 Å². The third kappa shape index (κ3) is 4.23. The number of benzene rings is 1. The molecule has 4 nitrogen and oxygen atoms in total. The molecule has 0 saturated heterocycles. The van der Waals surface area contributed by atoms with Gasteiger partial charge in [-0.1, -0.05) is 30.3 Å². The monoisotopic (exact) mass is 344 g/mol. The summed E-state index contributed by atoms with van der Waals surface area (Å²) in [6.45, 7) is 0.789. The number of nitrogens with zero attached hydrogens (tertiary/aromatic N) is 1. The van der Waals surface area contributed by atoms with Crippen LogP contribution in [0.2, 0.25) is 0 Å². The predicted octanol–water partition coefficient (Wildman–Crippen LogP) is 3.08. The summed E-state index contributed by atoms with van der Waals surface area (Å²) in [5, 5.41) is 14.3. The van der Waals surface area contributed by atoms with Crippen LogP contribution < -0.4 is 5.73 Å². The smallest absolute Gasteiger partial charge is 0.224 e. The van der Waals surface area contributed by atoms with Crippen LogP contribution in [0.15, 0.2) is 47.2 Å². The van der Waals surface area contributed by atoms with E-state index in [9.17, 15) is 9.90 Å². The number of carbonyl (C=O) groups is 1. The lowest BCUT2D eigenvalue weighted by Crippen LogP contribution is -2.50. The molecule has 1 amide bonds. The Morgan fingerprint density at radius 2 is 2.04 bits per heavy atom. The Hall–Kier alpha value is -1.69. The fourth-order valence-corrected chi connectivity index (χ4v) is 3.76. The molecule has 0 spiro atoms. The minimum Gasteiger partial charge on any atom is -0.387 e. The standard InChI is InChI=1S/C19H24N2O2S/c20-19(8-4-9-19)11-18(23)21(12-15-5-2-1-3-6-15)13-17(22)16-7-10-24-14-16/h1-3,5-7,10,14,17,22H,4,8-9,11-13,20H2. The molecular formula is C19H24N2O2S. The first-order valence-electron chi connectivity index (χ1n) is 8.36. The lowest BCUT2D eigenvalue weighted by Gasteiger charge is -2.39. The van der Waals surface area contributed by atoms with Gasteiger partial charge in [0.15, 0.2) is 0 Å². The predicted molar refractivity (Wildman–Crippen MR) is 96.5 cm³/mol. The van der Waals surface area contributed by atoms with Gasteiger partial charge in [0.25, 0.3) is 0 Å². The van der Waals surface area contributed by atoms with Crippen LogP contribution in [0.25, 0.3) is 0 Å². The first-order valence-corrected chi connectivity index (χ1v) is 9.31. The summed E-state index contributed by atoms with van der Waals surface area (Å²) in [6, 6.07) is 11.8. The Bertz CT molecular complexity index is 653. The van der Waals surface area contributed by atoms with Crippen LogP contribution in [0.3, 0.4) is 0 Å². The maximum atomic E-state index is 12.8. The van der Waals surface area contributed by atoms with Crippen LogP contribution in [0, 0.1) is 0 Å². The van der Waals surface area contributed by atoms with Gasteiger partial charge in [0.2, 0.25) is 5.91 Å². The Balaban J connectivity index is 1.71. The number of hydrogen-bond acceptors (Lipinski definition) is 4. The summed E-state index contributed by atoms with van der Waals surface area (Å²) in [5.74, 6) is 0.0235. The summed E-state index contributed by atoms with van der Waals surface area (Å²) < 4.78 is 0. The Morgan fingerprint density at radius 1 is 1.29 bits per heavy atom. The molecule has 1 aromatic heterocycles. The van der Waals surface area contributed by atoms with Gasteiger partial charge in [-0.25, -0.2) is 0 Å². The van der Waals surface area contributed by atoms with Crippen LogP contribution >= 0.6 is 11.3 Å². The molecule has 0 radical (unpaired) electrons. The minimum atomic E-state index is -0.668. The molecule has 1 saturated carbocycles. The van der Waals surface area contributed by atoms with Gasteiger partial charge in [0.1, 0.15) is 0 Å². The largest absolute Gasteiger partial charge is 0.387 e. The molecule has 0 aliphatic heterocycles. The van der Waals surface area contributed by atoms with E-state index in [-0.39, 0.29) is 11.4 Å². The van der Waals surface area contributed by atoms with Gasteiger partial charge in [-0.05, 0) is 47.2 Å². The van der Waals surface area contributed by atoms with Gasteiger partial charge in [0, 0.05) is 18.5 Å². The van der Waals surface area contributed by atoms with Crippen LogP contribution in [0.5, 0.6) is 0 Å². The second kappa shape index (κ2) is 7.47. The highest BCUT2D eigenvalue weighted by atomic mass is 32.1. The number of rotatable bonds is 7. The maximum absolute atomic E-state index is 12.8. The number of aliphatic hydroxyl groups excluding tert-OH is 1. The van der Waals surface area contributed by atoms with Crippen LogP contribution in [0.1, 0.15) is 42.9 Å². The number of carbonyl (C=O) groups excluding carboxylic acids is 1. The fraction of sp³-hybridized carbons (Fsp3) is 0.421. The highest BCUT2D eigenvalue weighted by Crippen LogP contribution is 2.33. The van der Waals surface area contributed by atoms with Gasteiger partial charge in [-0.3, -0.25) is 4.79 Å². The first-order chi connectivity index (χ1) is 11.6. The molecule has 128 valence electrons. The van der Waals surface area contributed by atoms with Crippen molar-refractivity contribution in [3.63, 3.8) is 0 Å². The van der Waals surface area contributed by atoms with Gasteiger partial charge < -0.3 is 15.7 Å². The summed E-state index contributed by atoms with van der Waals surface area (Å²) in [4.78, 5) is 14.5. The number of aliphatic hydroxyl groups is 1. The molecule has 1 heterocycles. The lowest BCUT2D eigenvalue weighted by molar-refractivity contribution is -0.135. The number of hydrogen-bond donors (Lipinski definition) is 2. The molecule has 5 heteroatoms. The molecule has 0 bridgehead atoms. The van der Waals surface area contributed by atoms with Crippen molar-refractivity contribution in [1.29, 1.82) is 0 Å². The summed E-state index contributed by atoms with van der Waals surface area (Å²) in [7, 11) is 0. The molecule has 1 atom stereocenters. The molecule has 3 N–H and O–H groups in total. The van der Waals surface area contributed by atoms with Crippen LogP contribution in [0.4, 0.5) is 0 Å². The third-order valence-electron chi connectivity index (χ3n) is 4.74. The molecule has 1 unspecified atom stereocenters. The highest BCUT2D eigenvalue weighted by molar-refractivity contribution is 7.07. The van der Waals surface area contributed by atoms with Crippen molar-refractivity contribution in [3.05, 3.63) is 58.3 Å². The van der Waals surface area contributed by atoms with Crippen molar-refractivity contribution in [2.45, 2.75) is 43.9 Å². The maximum Gasteiger partial charge on any atom is 0.224 e. The normalized spacial score (nSPS) is 17.1. The lowest BCUT2D eigenvalue weighted by atomic mass is 9.75. The average molecular weight is 344 g/mol. The summed E-state index contributed by atoms with van der Waals surface area (Å²) in [6.07, 6.45) is 2.60. The van der Waals surface area contributed by atoms with Crippen molar-refractivity contribution < 1.29 is 9.90 Å². The minimum absolute atomic E-state index is 0.0235. The Morgan fingerprint density at radius 3 is 2.62 bits per heavy atom. The Kier molecular flexibility index (Phi) is 5.33. The van der Waals surface area contributed by atoms with E-state index in [1.54, 1.807) is 16.2 Å². The SMILES string of the molecule is NC1(CC(=O)N(Cc2ccccc2)CC(O)c2ccsc2)CCC1. The van der Waals surface area contributed by atoms with Crippen LogP contribution in [-0.2, 0) is 11.3 Å². The molecule has 3 rings (SSSR count). The zero-order chi connectivity index (χ0) is 17.0. The molecular weight excluding hydrogens is 320 g/mol. The van der Waals surface area contributed by atoms with E-state index in [0.29, 0.717) is 19.5 Å². The van der Waals surface area contributed by atoms with E-state index >= 15 is 0 Å². The van der Waals surface area contributed by atoms with E-state index in [2.05, 4.69) is 0 Å². The zero-order valence-electron chi connectivity index (χ0n) is 13.7. The molecule has 1 aromatic carbocycles. The Labute approximate surface area is 146 Å². The number of thiophene rings is 1. The molecule has 24 heavy (non-hydrogen) atoms. The first kappa shape index (κ1) is 17.1. The average Bonchev–Trinajstić information content (AvgIpc) is 3.08. The van der Waals surface area contributed by atoms with Crippen LogP contribution in [-0.4, -0.2) is 28.0 Å². The van der Waals surface area contributed by atoms with Gasteiger partial charge in [-0.15, -0.1) is 0 Å². The van der Waals surface area contributed by atoms with Crippen molar-refractivity contribution in [2.75, 3.05) is 6.54 Å². The van der Waals surface area contributed by atoms with Crippen molar-refractivity contribution in [2.24, 2.45) is 5.73 Å². The molecule has 1 aliphatic carbocycles. The van der Waals surface area contributed by atoms with Crippen molar-refractivity contribution in [1.82, 2.24) is 4.90 Å². The van der Waals surface area contributed by atoms with E-state index in [0.717, 1.165) is 30.4 Å². The third-order valence-corrected chi connectivity index (χ3v) is 5.44. The van der Waals surface area contributed by atoms with Crippen molar-refractivity contribution >= 4 is 17.2 Å². The molecule has 2 aromatic rings. The molecule has 1 fully saturated rings.